The maximum atomic E-state index is 13.2. The molecule has 0 saturated carbocycles. The van der Waals surface area contributed by atoms with Gasteiger partial charge in [-0.2, -0.15) is 5.26 Å². The first-order valence-corrected chi connectivity index (χ1v) is 34.4. The van der Waals surface area contributed by atoms with E-state index in [0.717, 1.165) is 116 Å². The maximum Gasteiger partial charge on any atom is 0.410 e. The van der Waals surface area contributed by atoms with Crippen LogP contribution in [0.3, 0.4) is 0 Å². The van der Waals surface area contributed by atoms with Gasteiger partial charge in [-0.3, -0.25) is 9.80 Å². The summed E-state index contributed by atoms with van der Waals surface area (Å²) in [6.45, 7) is 19.7. The van der Waals surface area contributed by atoms with Crippen molar-refractivity contribution in [1.29, 1.82) is 5.26 Å². The number of nitrogens with two attached hydrogens (primary N) is 1. The molecule has 6 aromatic carbocycles. The molecule has 488 valence electrons. The van der Waals surface area contributed by atoms with Gasteiger partial charge in [-0.05, 0) is 231 Å². The number of rotatable bonds is 12. The quantitative estimate of drug-likeness (QED) is 0.108. The van der Waals surface area contributed by atoms with Gasteiger partial charge in [0.15, 0.2) is 0 Å². The lowest BCUT2D eigenvalue weighted by atomic mass is 9.79. The number of carbonyl (C=O) groups is 4. The van der Waals surface area contributed by atoms with Crippen molar-refractivity contribution in [2.75, 3.05) is 88.8 Å². The van der Waals surface area contributed by atoms with Gasteiger partial charge in [0.25, 0.3) is 0 Å². The number of piperidine rings is 3. The van der Waals surface area contributed by atoms with Crippen LogP contribution in [0, 0.1) is 29.1 Å². The first kappa shape index (κ1) is 69.1. The van der Waals surface area contributed by atoms with E-state index in [9.17, 15) is 24.4 Å². The molecule has 5 heterocycles. The van der Waals surface area contributed by atoms with E-state index < -0.39 is 11.2 Å². The summed E-state index contributed by atoms with van der Waals surface area (Å²) in [5, 5.41) is 15.7. The molecular formula is C75H93Br2N9O6. The number of nitriles is 1. The molecule has 0 bridgehead atoms. The van der Waals surface area contributed by atoms with Gasteiger partial charge in [-0.15, -0.1) is 0 Å². The Labute approximate surface area is 562 Å². The van der Waals surface area contributed by atoms with E-state index in [1.807, 2.05) is 117 Å². The number of ether oxygens (including phenoxy) is 2. The number of nitrogens with one attached hydrogen (secondary N) is 2. The number of likely N-dealkylation sites (tertiary alicyclic amines) is 3. The van der Waals surface area contributed by atoms with E-state index in [0.29, 0.717) is 68.5 Å². The highest BCUT2D eigenvalue weighted by Crippen LogP contribution is 2.38. The standard InChI is InChI=1S/C30H32N4O.C27H34BrN3O3.C18H27BrN2O2/c1-33-16-13-25(14-17-33)28(21-32-30(35)34-18-15-26-6-2-3-8-29(26)34)24-11-9-23(10-12-24)27-7-4-5-22(19-27)20-31;1-27(2,3)34-26(33)30-15-12-20(13-16-30)23(19-8-10-22(28)11-9-19)18-29-25(32)31-17-14-21-6-4-5-7-24(21)31;1-18(2,3)23-17(22)21-10-8-14(9-11-21)16(12-20)13-4-6-15(19)7-5-13/h2-12,19,25,28H,13-18,21H2,1H3,(H,32,35);4-11,20,23H,12-18H2,1-3H3,(H,29,32);4-7,14,16H,8-12,20H2,1-3H3. The van der Waals surface area contributed by atoms with Crippen molar-refractivity contribution in [3.63, 3.8) is 0 Å². The molecule has 3 atom stereocenters. The molecule has 6 aromatic rings. The second-order valence-electron chi connectivity index (χ2n) is 27.2. The molecule has 3 saturated heterocycles. The monoisotopic (exact) mass is 1370 g/mol. The Bertz CT molecular complexity index is 3450. The van der Waals surface area contributed by atoms with E-state index in [1.54, 1.807) is 4.90 Å². The molecule has 5 aliphatic rings. The minimum absolute atomic E-state index is 0.00202. The second kappa shape index (κ2) is 32.1. The number of nitrogens with zero attached hydrogens (tertiary/aromatic N) is 6. The molecular weight excluding hydrogens is 1280 g/mol. The van der Waals surface area contributed by atoms with Crippen LogP contribution in [0.15, 0.2) is 155 Å². The van der Waals surface area contributed by atoms with Crippen LogP contribution in [0.2, 0.25) is 0 Å². The van der Waals surface area contributed by atoms with E-state index in [2.05, 4.69) is 145 Å². The Morgan fingerprint density at radius 3 is 1.33 bits per heavy atom. The molecule has 3 fully saturated rings. The average Bonchev–Trinajstić information content (AvgIpc) is 1.51. The zero-order chi connectivity index (χ0) is 65.5. The second-order valence-corrected chi connectivity index (χ2v) is 29.0. The third-order valence-corrected chi connectivity index (χ3v) is 19.6. The van der Waals surface area contributed by atoms with Crippen molar-refractivity contribution >= 4 is 67.5 Å². The summed E-state index contributed by atoms with van der Waals surface area (Å²) >= 11 is 7.00. The predicted molar refractivity (Wildman–Crippen MR) is 375 cm³/mol. The van der Waals surface area contributed by atoms with Gasteiger partial charge < -0.3 is 40.5 Å². The summed E-state index contributed by atoms with van der Waals surface area (Å²) in [4.78, 5) is 60.6. The number of halogens is 2. The van der Waals surface area contributed by atoms with Crippen LogP contribution in [-0.4, -0.2) is 129 Å². The van der Waals surface area contributed by atoms with Gasteiger partial charge in [-0.1, -0.05) is 129 Å². The van der Waals surface area contributed by atoms with Crippen LogP contribution in [0.4, 0.5) is 30.6 Å². The molecule has 5 aliphatic heterocycles. The molecule has 17 heteroatoms. The summed E-state index contributed by atoms with van der Waals surface area (Å²) in [6, 6.07) is 51.7. The highest BCUT2D eigenvalue weighted by molar-refractivity contribution is 9.10. The normalized spacial score (nSPS) is 17.3. The fraction of sp³-hybridized carbons (Fsp3) is 0.453. The third kappa shape index (κ3) is 19.0. The van der Waals surface area contributed by atoms with Crippen molar-refractivity contribution < 1.29 is 28.7 Å². The lowest BCUT2D eigenvalue weighted by Gasteiger charge is -2.37. The third-order valence-electron chi connectivity index (χ3n) is 18.6. The number of carbonyl (C=O) groups excluding carboxylic acids is 4. The van der Waals surface area contributed by atoms with Crippen LogP contribution in [0.1, 0.15) is 131 Å². The van der Waals surface area contributed by atoms with Crippen LogP contribution in [0.25, 0.3) is 11.1 Å². The van der Waals surface area contributed by atoms with Gasteiger partial charge in [0.2, 0.25) is 0 Å². The highest BCUT2D eigenvalue weighted by Gasteiger charge is 2.35. The maximum absolute atomic E-state index is 13.2. The summed E-state index contributed by atoms with van der Waals surface area (Å²) in [5.74, 6) is 2.21. The molecule has 0 radical (unpaired) electrons. The number of benzene rings is 6. The predicted octanol–water partition coefficient (Wildman–Crippen LogP) is 15.5. The number of fused-ring (bicyclic) bond motifs is 2. The summed E-state index contributed by atoms with van der Waals surface area (Å²) < 4.78 is 13.1. The van der Waals surface area contributed by atoms with E-state index >= 15 is 0 Å². The Balaban J connectivity index is 0.000000167. The Morgan fingerprint density at radius 2 is 0.913 bits per heavy atom. The Kier molecular flexibility index (Phi) is 24.1. The summed E-state index contributed by atoms with van der Waals surface area (Å²) in [7, 11) is 2.18. The topological polar surface area (TPSA) is 177 Å². The minimum Gasteiger partial charge on any atom is -0.444 e. The van der Waals surface area contributed by atoms with Crippen molar-refractivity contribution in [2.45, 2.75) is 122 Å². The minimum atomic E-state index is -0.494. The fourth-order valence-electron chi connectivity index (χ4n) is 13.6. The number of amides is 6. The van der Waals surface area contributed by atoms with Crippen molar-refractivity contribution in [3.8, 4) is 17.2 Å². The van der Waals surface area contributed by atoms with E-state index in [1.165, 1.54) is 27.8 Å². The number of anilines is 2. The molecule has 0 aliphatic carbocycles. The van der Waals surface area contributed by atoms with E-state index in [-0.39, 0.29) is 36.1 Å². The lowest BCUT2D eigenvalue weighted by Crippen LogP contribution is -2.45. The molecule has 0 spiro atoms. The highest BCUT2D eigenvalue weighted by atomic mass is 79.9. The van der Waals surface area contributed by atoms with Gasteiger partial charge in [0.05, 0.1) is 11.6 Å². The number of urea groups is 2. The number of para-hydroxylation sites is 2. The molecule has 0 aromatic heterocycles. The molecule has 3 unspecified atom stereocenters. The average molecular weight is 1380 g/mol. The Morgan fingerprint density at radius 1 is 0.522 bits per heavy atom. The molecule has 15 nitrogen and oxygen atoms in total. The molecule has 6 amide bonds. The van der Waals surface area contributed by atoms with Gasteiger partial charge in [-0.25, -0.2) is 19.2 Å². The van der Waals surface area contributed by atoms with Crippen molar-refractivity contribution in [2.24, 2.45) is 23.5 Å². The van der Waals surface area contributed by atoms with Crippen molar-refractivity contribution in [3.05, 3.63) is 188 Å². The SMILES string of the molecule is CC(C)(C)OC(=O)N1CCC(C(CN)c2ccc(Br)cc2)CC1.CC(C)(C)OC(=O)N1CCC(C(CNC(=O)N2CCc3ccccc32)c2ccc(Br)cc2)CC1.CN1CCC(C(CNC(=O)N2CCc3ccccc32)c2ccc(-c3cccc(C#N)c3)cc2)CC1. The smallest absolute Gasteiger partial charge is 0.410 e. The lowest BCUT2D eigenvalue weighted by molar-refractivity contribution is 0.0164. The van der Waals surface area contributed by atoms with E-state index in [4.69, 9.17) is 15.2 Å². The van der Waals surface area contributed by atoms with Crippen LogP contribution >= 0.6 is 31.9 Å². The molecule has 4 N–H and O–H groups in total. The van der Waals surface area contributed by atoms with Gasteiger partial charge in [0.1, 0.15) is 11.2 Å². The van der Waals surface area contributed by atoms with Crippen LogP contribution in [0.5, 0.6) is 0 Å². The first-order valence-electron chi connectivity index (χ1n) is 32.9. The largest absolute Gasteiger partial charge is 0.444 e. The van der Waals surface area contributed by atoms with Crippen LogP contribution in [-0.2, 0) is 22.3 Å². The van der Waals surface area contributed by atoms with Crippen LogP contribution < -0.4 is 26.2 Å². The molecule has 11 rings (SSSR count). The Hall–Kier alpha value is -7.23. The summed E-state index contributed by atoms with van der Waals surface area (Å²) in [6.07, 6.45) is 7.32. The molecule has 92 heavy (non-hydrogen) atoms. The fourth-order valence-corrected chi connectivity index (χ4v) is 14.1. The zero-order valence-electron chi connectivity index (χ0n) is 54.7. The number of hydrogen-bond acceptors (Lipinski definition) is 9. The first-order chi connectivity index (χ1) is 44.1. The van der Waals surface area contributed by atoms with Crippen molar-refractivity contribution in [1.82, 2.24) is 25.3 Å². The van der Waals surface area contributed by atoms with Gasteiger partial charge in [0, 0.05) is 84.5 Å². The number of hydrogen-bond donors (Lipinski definition) is 3. The summed E-state index contributed by atoms with van der Waals surface area (Å²) in [5.41, 5.74) is 16.2. The zero-order valence-corrected chi connectivity index (χ0v) is 57.9. The van der Waals surface area contributed by atoms with Gasteiger partial charge >= 0.3 is 24.2 Å².